The van der Waals surface area contributed by atoms with Gasteiger partial charge >= 0.3 is 0 Å². The molecule has 0 saturated heterocycles. The summed E-state index contributed by atoms with van der Waals surface area (Å²) in [5.74, 6) is 9.92. The first-order valence-electron chi connectivity index (χ1n) is 13.5. The number of fused-ring (bicyclic) bond motifs is 4. The van der Waals surface area contributed by atoms with Crippen LogP contribution in [0, 0.1) is 53.3 Å². The molecule has 0 aromatic heterocycles. The monoisotopic (exact) mass is 382 g/mol. The molecule has 5 rings (SSSR count). The molecule has 0 amide bonds. The van der Waals surface area contributed by atoms with Gasteiger partial charge in [0.25, 0.3) is 0 Å². The fraction of sp³-hybridized carbons (Fsp3) is 0.929. The summed E-state index contributed by atoms with van der Waals surface area (Å²) in [7, 11) is 0. The Hall–Kier alpha value is -0.260. The highest BCUT2D eigenvalue weighted by Gasteiger charge is 2.53. The van der Waals surface area contributed by atoms with Crippen molar-refractivity contribution in [3.63, 3.8) is 0 Å². The minimum atomic E-state index is 1.03. The summed E-state index contributed by atoms with van der Waals surface area (Å²) in [5.41, 5.74) is 0. The summed E-state index contributed by atoms with van der Waals surface area (Å²) in [4.78, 5) is 0. The summed E-state index contributed by atoms with van der Waals surface area (Å²) >= 11 is 0. The van der Waals surface area contributed by atoms with Crippen LogP contribution in [-0.4, -0.2) is 0 Å². The minimum Gasteiger partial charge on any atom is -0.103 e. The Labute approximate surface area is 175 Å². The highest BCUT2D eigenvalue weighted by atomic mass is 14.6. The second-order valence-corrected chi connectivity index (χ2v) is 11.7. The van der Waals surface area contributed by atoms with Crippen LogP contribution < -0.4 is 0 Å². The SMILES string of the molecule is C=CCCC(CC1CCC2CCCCC21)C1C2CCCCC2C2CCCCC21. The maximum Gasteiger partial charge on any atom is -0.0323 e. The molecule has 0 radical (unpaired) electrons. The highest BCUT2D eigenvalue weighted by Crippen LogP contribution is 2.61. The fourth-order valence-corrected chi connectivity index (χ4v) is 9.75. The van der Waals surface area contributed by atoms with Crippen molar-refractivity contribution in [2.24, 2.45) is 53.3 Å². The van der Waals surface area contributed by atoms with Crippen molar-refractivity contribution in [3.05, 3.63) is 12.7 Å². The number of hydrogen-bond donors (Lipinski definition) is 0. The van der Waals surface area contributed by atoms with Crippen LogP contribution in [0.25, 0.3) is 0 Å². The molecule has 5 saturated carbocycles. The average molecular weight is 383 g/mol. The number of rotatable bonds is 6. The van der Waals surface area contributed by atoms with Crippen LogP contribution in [0.15, 0.2) is 12.7 Å². The molecule has 0 N–H and O–H groups in total. The third kappa shape index (κ3) is 3.65. The van der Waals surface area contributed by atoms with Crippen LogP contribution in [0.3, 0.4) is 0 Å². The standard InChI is InChI=1S/C28H46/c1-2-3-10-22(19-21-18-17-20-11-4-5-12-23(20)21)28-26-15-8-6-13-24(26)25-14-7-9-16-27(25)28/h2,20-28H,1,3-19H2. The molecule has 8 unspecified atom stereocenters. The van der Waals surface area contributed by atoms with E-state index in [0.29, 0.717) is 0 Å². The molecule has 0 aliphatic heterocycles. The zero-order valence-electron chi connectivity index (χ0n) is 18.5. The molecule has 0 bridgehead atoms. The molecule has 5 aliphatic rings. The van der Waals surface area contributed by atoms with Crippen molar-refractivity contribution < 1.29 is 0 Å². The van der Waals surface area contributed by atoms with Crippen LogP contribution in [-0.2, 0) is 0 Å². The normalized spacial score (nSPS) is 46.4. The Morgan fingerprint density at radius 1 is 0.643 bits per heavy atom. The van der Waals surface area contributed by atoms with Crippen molar-refractivity contribution >= 4 is 0 Å². The Bertz CT molecular complexity index is 498. The lowest BCUT2D eigenvalue weighted by atomic mass is 9.66. The second-order valence-electron chi connectivity index (χ2n) is 11.7. The van der Waals surface area contributed by atoms with Crippen molar-refractivity contribution in [1.29, 1.82) is 0 Å². The second kappa shape index (κ2) is 8.85. The first-order valence-corrected chi connectivity index (χ1v) is 13.5. The van der Waals surface area contributed by atoms with Crippen molar-refractivity contribution in [1.82, 2.24) is 0 Å². The predicted molar refractivity (Wildman–Crippen MR) is 120 cm³/mol. The van der Waals surface area contributed by atoms with E-state index in [1.54, 1.807) is 83.5 Å². The first-order chi connectivity index (χ1) is 13.9. The van der Waals surface area contributed by atoms with Gasteiger partial charge in [0.15, 0.2) is 0 Å². The van der Waals surface area contributed by atoms with Gasteiger partial charge in [-0.25, -0.2) is 0 Å². The molecule has 5 aliphatic carbocycles. The molecular weight excluding hydrogens is 336 g/mol. The molecule has 0 spiro atoms. The van der Waals surface area contributed by atoms with Gasteiger partial charge in [0.2, 0.25) is 0 Å². The van der Waals surface area contributed by atoms with Crippen molar-refractivity contribution in [2.45, 2.75) is 109 Å². The molecule has 0 heteroatoms. The topological polar surface area (TPSA) is 0 Å². The largest absolute Gasteiger partial charge is 0.103 e. The lowest BCUT2D eigenvalue weighted by molar-refractivity contribution is 0.105. The van der Waals surface area contributed by atoms with E-state index in [2.05, 4.69) is 12.7 Å². The molecule has 158 valence electrons. The lowest BCUT2D eigenvalue weighted by Gasteiger charge is -2.39. The van der Waals surface area contributed by atoms with Crippen LogP contribution in [0.5, 0.6) is 0 Å². The molecular formula is C28H46. The minimum absolute atomic E-state index is 1.03. The van der Waals surface area contributed by atoms with Crippen LogP contribution in [0.1, 0.15) is 109 Å². The number of allylic oxidation sites excluding steroid dienone is 1. The molecule has 0 aromatic carbocycles. The van der Waals surface area contributed by atoms with Gasteiger partial charge in [-0.1, -0.05) is 51.0 Å². The van der Waals surface area contributed by atoms with E-state index in [-0.39, 0.29) is 0 Å². The zero-order valence-corrected chi connectivity index (χ0v) is 18.5. The highest BCUT2D eigenvalue weighted by molar-refractivity contribution is 5.02. The van der Waals surface area contributed by atoms with Gasteiger partial charge < -0.3 is 0 Å². The smallest absolute Gasteiger partial charge is 0.0323 e. The van der Waals surface area contributed by atoms with Crippen LogP contribution in [0.4, 0.5) is 0 Å². The molecule has 8 atom stereocenters. The van der Waals surface area contributed by atoms with Gasteiger partial charge in [0.05, 0.1) is 0 Å². The van der Waals surface area contributed by atoms with E-state index in [1.165, 1.54) is 25.7 Å². The van der Waals surface area contributed by atoms with Gasteiger partial charge in [-0.2, -0.15) is 0 Å². The van der Waals surface area contributed by atoms with Crippen molar-refractivity contribution in [2.75, 3.05) is 0 Å². The summed E-state index contributed by atoms with van der Waals surface area (Å²) < 4.78 is 0. The molecule has 0 nitrogen and oxygen atoms in total. The molecule has 0 aromatic rings. The molecule has 28 heavy (non-hydrogen) atoms. The quantitative estimate of drug-likeness (QED) is 0.404. The van der Waals surface area contributed by atoms with Crippen LogP contribution >= 0.6 is 0 Å². The first kappa shape index (κ1) is 19.7. The lowest BCUT2D eigenvalue weighted by Crippen LogP contribution is -2.31. The van der Waals surface area contributed by atoms with E-state index in [1.807, 2.05) is 0 Å². The maximum atomic E-state index is 4.12. The van der Waals surface area contributed by atoms with Gasteiger partial charge in [-0.05, 0) is 117 Å². The Morgan fingerprint density at radius 3 is 1.86 bits per heavy atom. The number of hydrogen-bond acceptors (Lipinski definition) is 0. The van der Waals surface area contributed by atoms with Gasteiger partial charge in [-0.3, -0.25) is 0 Å². The van der Waals surface area contributed by atoms with Crippen molar-refractivity contribution in [3.8, 4) is 0 Å². The van der Waals surface area contributed by atoms with E-state index >= 15 is 0 Å². The Balaban J connectivity index is 1.36. The van der Waals surface area contributed by atoms with E-state index in [0.717, 1.165) is 53.3 Å². The van der Waals surface area contributed by atoms with Gasteiger partial charge in [0, 0.05) is 0 Å². The van der Waals surface area contributed by atoms with Crippen LogP contribution in [0.2, 0.25) is 0 Å². The third-order valence-electron chi connectivity index (χ3n) is 10.7. The summed E-state index contributed by atoms with van der Waals surface area (Å²) in [6.07, 6.45) is 28.5. The zero-order chi connectivity index (χ0) is 18.9. The summed E-state index contributed by atoms with van der Waals surface area (Å²) in [5, 5.41) is 0. The van der Waals surface area contributed by atoms with Gasteiger partial charge in [0.1, 0.15) is 0 Å². The molecule has 5 fully saturated rings. The van der Waals surface area contributed by atoms with E-state index in [4.69, 9.17) is 0 Å². The van der Waals surface area contributed by atoms with E-state index in [9.17, 15) is 0 Å². The van der Waals surface area contributed by atoms with E-state index < -0.39 is 0 Å². The summed E-state index contributed by atoms with van der Waals surface area (Å²) in [6.45, 7) is 4.12. The fourth-order valence-electron chi connectivity index (χ4n) is 9.75. The maximum absolute atomic E-state index is 4.12. The van der Waals surface area contributed by atoms with Gasteiger partial charge in [-0.15, -0.1) is 6.58 Å². The third-order valence-corrected chi connectivity index (χ3v) is 10.7. The summed E-state index contributed by atoms with van der Waals surface area (Å²) in [6, 6.07) is 0. The predicted octanol–water partition coefficient (Wildman–Crippen LogP) is 8.42. The molecule has 0 heterocycles. The average Bonchev–Trinajstić information content (AvgIpc) is 3.30. The Morgan fingerprint density at radius 2 is 1.21 bits per heavy atom. The Kier molecular flexibility index (Phi) is 6.22.